The van der Waals surface area contributed by atoms with Gasteiger partial charge in [-0.2, -0.15) is 0 Å². The van der Waals surface area contributed by atoms with Crippen LogP contribution in [0.1, 0.15) is 5.56 Å². The summed E-state index contributed by atoms with van der Waals surface area (Å²) in [5.41, 5.74) is 2.10. The number of anilines is 1. The van der Waals surface area contributed by atoms with Gasteiger partial charge < -0.3 is 15.0 Å². The van der Waals surface area contributed by atoms with E-state index in [0.717, 1.165) is 17.0 Å². The molecule has 3 rings (SSSR count). The third-order valence-electron chi connectivity index (χ3n) is 3.50. The van der Waals surface area contributed by atoms with E-state index in [9.17, 15) is 4.79 Å². The van der Waals surface area contributed by atoms with Crippen LogP contribution in [0.4, 0.5) is 5.69 Å². The van der Waals surface area contributed by atoms with Crippen LogP contribution in [0.3, 0.4) is 0 Å². The van der Waals surface area contributed by atoms with Crippen molar-refractivity contribution < 1.29 is 9.53 Å². The van der Waals surface area contributed by atoms with E-state index in [1.54, 1.807) is 13.2 Å². The SMILES string of the molecule is CNC(=O)[C@H]1CN(Cc2cccnc2)c2ccccc2O1. The highest BCUT2D eigenvalue weighted by atomic mass is 16.5. The summed E-state index contributed by atoms with van der Waals surface area (Å²) >= 11 is 0. The number of pyridine rings is 1. The fraction of sp³-hybridized carbons (Fsp3) is 0.250. The van der Waals surface area contributed by atoms with Crippen molar-refractivity contribution in [2.24, 2.45) is 0 Å². The first-order valence-corrected chi connectivity index (χ1v) is 6.89. The number of hydrogen-bond donors (Lipinski definition) is 1. The second-order valence-electron chi connectivity index (χ2n) is 4.93. The summed E-state index contributed by atoms with van der Waals surface area (Å²) in [5, 5.41) is 2.65. The summed E-state index contributed by atoms with van der Waals surface area (Å²) in [6.45, 7) is 1.22. The second kappa shape index (κ2) is 5.83. The van der Waals surface area contributed by atoms with E-state index in [2.05, 4.69) is 15.2 Å². The Bertz CT molecular complexity index is 630. The van der Waals surface area contributed by atoms with Gasteiger partial charge in [0.1, 0.15) is 5.75 Å². The average molecular weight is 283 g/mol. The Morgan fingerprint density at radius 3 is 3.00 bits per heavy atom. The van der Waals surface area contributed by atoms with Gasteiger partial charge in [-0.15, -0.1) is 0 Å². The third-order valence-corrected chi connectivity index (χ3v) is 3.50. The van der Waals surface area contributed by atoms with Crippen molar-refractivity contribution in [3.05, 3.63) is 54.4 Å². The van der Waals surface area contributed by atoms with Gasteiger partial charge in [0.05, 0.1) is 12.2 Å². The summed E-state index contributed by atoms with van der Waals surface area (Å²) in [4.78, 5) is 18.2. The van der Waals surface area contributed by atoms with E-state index in [1.165, 1.54) is 0 Å². The standard InChI is InChI=1S/C16H17N3O2/c1-17-16(20)15-11-19(10-12-5-4-8-18-9-12)13-6-2-3-7-14(13)21-15/h2-9,15H,10-11H2,1H3,(H,17,20)/t15-/m1/s1. The van der Waals surface area contributed by atoms with E-state index in [4.69, 9.17) is 4.74 Å². The molecular weight excluding hydrogens is 266 g/mol. The summed E-state index contributed by atoms with van der Waals surface area (Å²) in [6, 6.07) is 11.7. The molecule has 108 valence electrons. The fourth-order valence-corrected chi connectivity index (χ4v) is 2.47. The maximum atomic E-state index is 11.9. The molecule has 0 bridgehead atoms. The monoisotopic (exact) mass is 283 g/mol. The largest absolute Gasteiger partial charge is 0.477 e. The highest BCUT2D eigenvalue weighted by Crippen LogP contribution is 2.33. The molecule has 0 saturated carbocycles. The van der Waals surface area contributed by atoms with Crippen molar-refractivity contribution in [1.82, 2.24) is 10.3 Å². The van der Waals surface area contributed by atoms with Gasteiger partial charge in [-0.1, -0.05) is 18.2 Å². The summed E-state index contributed by atoms with van der Waals surface area (Å²) in [7, 11) is 1.62. The molecule has 0 unspecified atom stereocenters. The number of nitrogens with one attached hydrogen (secondary N) is 1. The lowest BCUT2D eigenvalue weighted by Gasteiger charge is -2.35. The molecule has 1 amide bonds. The smallest absolute Gasteiger partial charge is 0.262 e. The Labute approximate surface area is 123 Å². The zero-order valence-electron chi connectivity index (χ0n) is 11.8. The number of para-hydroxylation sites is 2. The van der Waals surface area contributed by atoms with E-state index >= 15 is 0 Å². The van der Waals surface area contributed by atoms with Crippen LogP contribution >= 0.6 is 0 Å². The van der Waals surface area contributed by atoms with Gasteiger partial charge in [-0.05, 0) is 23.8 Å². The van der Waals surface area contributed by atoms with E-state index < -0.39 is 6.10 Å². The number of benzene rings is 1. The molecule has 2 aromatic rings. The van der Waals surface area contributed by atoms with Gasteiger partial charge in [0, 0.05) is 26.0 Å². The highest BCUT2D eigenvalue weighted by molar-refractivity contribution is 5.83. The van der Waals surface area contributed by atoms with Gasteiger partial charge in [0.25, 0.3) is 5.91 Å². The third kappa shape index (κ3) is 2.81. The Morgan fingerprint density at radius 2 is 2.24 bits per heavy atom. The van der Waals surface area contributed by atoms with Crippen LogP contribution in [-0.2, 0) is 11.3 Å². The number of nitrogens with zero attached hydrogens (tertiary/aromatic N) is 2. The minimum atomic E-state index is -0.499. The number of rotatable bonds is 3. The van der Waals surface area contributed by atoms with Crippen molar-refractivity contribution in [3.8, 4) is 5.75 Å². The van der Waals surface area contributed by atoms with Crippen LogP contribution in [0, 0.1) is 0 Å². The van der Waals surface area contributed by atoms with Crippen LogP contribution in [0.25, 0.3) is 0 Å². The molecule has 1 aromatic heterocycles. The van der Waals surface area contributed by atoms with Gasteiger partial charge in [-0.3, -0.25) is 9.78 Å². The summed E-state index contributed by atoms with van der Waals surface area (Å²) in [5.74, 6) is 0.627. The first-order chi connectivity index (χ1) is 10.3. The number of carbonyl (C=O) groups excluding carboxylic acids is 1. The van der Waals surface area contributed by atoms with Gasteiger partial charge in [0.15, 0.2) is 6.10 Å². The Balaban J connectivity index is 1.89. The van der Waals surface area contributed by atoms with Gasteiger partial charge >= 0.3 is 0 Å². The quantitative estimate of drug-likeness (QED) is 0.929. The summed E-state index contributed by atoms with van der Waals surface area (Å²) < 4.78 is 5.78. The number of amides is 1. The van der Waals surface area contributed by atoms with Crippen molar-refractivity contribution >= 4 is 11.6 Å². The predicted octanol–water partition coefficient (Wildman–Crippen LogP) is 1.60. The number of hydrogen-bond acceptors (Lipinski definition) is 4. The maximum Gasteiger partial charge on any atom is 0.262 e. The molecular formula is C16H17N3O2. The molecule has 0 fully saturated rings. The number of likely N-dealkylation sites (N-methyl/N-ethyl adjacent to an activating group) is 1. The van der Waals surface area contributed by atoms with Crippen LogP contribution in [0.5, 0.6) is 5.75 Å². The molecule has 5 heteroatoms. The number of ether oxygens (including phenoxy) is 1. The van der Waals surface area contributed by atoms with Gasteiger partial charge in [0.2, 0.25) is 0 Å². The minimum Gasteiger partial charge on any atom is -0.477 e. The van der Waals surface area contributed by atoms with Crippen LogP contribution in [0.15, 0.2) is 48.8 Å². The number of carbonyl (C=O) groups is 1. The predicted molar refractivity (Wildman–Crippen MR) is 80.2 cm³/mol. The molecule has 21 heavy (non-hydrogen) atoms. The maximum absolute atomic E-state index is 11.9. The van der Waals surface area contributed by atoms with Crippen molar-refractivity contribution in [3.63, 3.8) is 0 Å². The second-order valence-corrected chi connectivity index (χ2v) is 4.93. The molecule has 0 saturated heterocycles. The molecule has 5 nitrogen and oxygen atoms in total. The molecule has 1 aliphatic rings. The molecule has 0 radical (unpaired) electrons. The highest BCUT2D eigenvalue weighted by Gasteiger charge is 2.29. The zero-order chi connectivity index (χ0) is 14.7. The lowest BCUT2D eigenvalue weighted by atomic mass is 10.1. The van der Waals surface area contributed by atoms with Crippen molar-refractivity contribution in [2.75, 3.05) is 18.5 Å². The summed E-state index contributed by atoms with van der Waals surface area (Å²) in [6.07, 6.45) is 3.10. The number of aromatic nitrogens is 1. The molecule has 1 aromatic carbocycles. The number of fused-ring (bicyclic) bond motifs is 1. The van der Waals surface area contributed by atoms with Crippen LogP contribution < -0.4 is 15.0 Å². The molecule has 0 spiro atoms. The van der Waals surface area contributed by atoms with Crippen LogP contribution in [0.2, 0.25) is 0 Å². The Kier molecular flexibility index (Phi) is 3.73. The molecule has 0 aliphatic carbocycles. The Morgan fingerprint density at radius 1 is 1.38 bits per heavy atom. The average Bonchev–Trinajstić information content (AvgIpc) is 2.55. The first kappa shape index (κ1) is 13.4. The molecule has 2 heterocycles. The minimum absolute atomic E-state index is 0.110. The lowest BCUT2D eigenvalue weighted by molar-refractivity contribution is -0.127. The van der Waals surface area contributed by atoms with Crippen molar-refractivity contribution in [1.29, 1.82) is 0 Å². The molecule has 1 aliphatic heterocycles. The molecule has 1 N–H and O–H groups in total. The zero-order valence-corrected chi connectivity index (χ0v) is 11.8. The Hall–Kier alpha value is -2.56. The van der Waals surface area contributed by atoms with E-state index in [1.807, 2.05) is 42.6 Å². The molecule has 1 atom stereocenters. The normalized spacial score (nSPS) is 16.8. The fourth-order valence-electron chi connectivity index (χ4n) is 2.47. The van der Waals surface area contributed by atoms with E-state index in [-0.39, 0.29) is 5.91 Å². The van der Waals surface area contributed by atoms with Crippen molar-refractivity contribution in [2.45, 2.75) is 12.6 Å². The lowest BCUT2D eigenvalue weighted by Crippen LogP contribution is -2.47. The van der Waals surface area contributed by atoms with Crippen LogP contribution in [-0.4, -0.2) is 30.6 Å². The topological polar surface area (TPSA) is 54.5 Å². The van der Waals surface area contributed by atoms with E-state index in [0.29, 0.717) is 13.1 Å². The first-order valence-electron chi connectivity index (χ1n) is 6.89. The van der Waals surface area contributed by atoms with Gasteiger partial charge in [-0.25, -0.2) is 0 Å².